The largest absolute Gasteiger partial charge is 0.507 e. The number of sulfone groups is 1. The Balaban J connectivity index is 1.53. The van der Waals surface area contributed by atoms with Crippen molar-refractivity contribution in [1.82, 2.24) is 5.32 Å². The maximum absolute atomic E-state index is 12.9. The summed E-state index contributed by atoms with van der Waals surface area (Å²) in [5.74, 6) is -0.560. The van der Waals surface area contributed by atoms with Crippen LogP contribution in [-0.2, 0) is 25.8 Å². The highest BCUT2D eigenvalue weighted by Crippen LogP contribution is 2.29. The zero-order chi connectivity index (χ0) is 28.0. The van der Waals surface area contributed by atoms with Gasteiger partial charge in [-0.3, -0.25) is 4.79 Å². The first kappa shape index (κ1) is 27.7. The molecule has 0 saturated carbocycles. The molecule has 0 aliphatic heterocycles. The van der Waals surface area contributed by atoms with E-state index in [4.69, 9.17) is 9.47 Å². The Morgan fingerprint density at radius 1 is 0.897 bits per heavy atom. The molecule has 0 radical (unpaired) electrons. The van der Waals surface area contributed by atoms with Crippen LogP contribution >= 0.6 is 0 Å². The fraction of sp³-hybridized carbons (Fsp3) is 0.200. The Kier molecular flexibility index (Phi) is 8.51. The predicted molar refractivity (Wildman–Crippen MR) is 149 cm³/mol. The van der Waals surface area contributed by atoms with Gasteiger partial charge in [0.05, 0.1) is 17.1 Å². The fourth-order valence-corrected chi connectivity index (χ4v) is 4.78. The Bertz CT molecular complexity index is 1610. The van der Waals surface area contributed by atoms with Gasteiger partial charge in [-0.15, -0.1) is 0 Å². The second-order valence-electron chi connectivity index (χ2n) is 8.94. The van der Waals surface area contributed by atoms with Crippen molar-refractivity contribution in [2.24, 2.45) is 0 Å². The summed E-state index contributed by atoms with van der Waals surface area (Å²) in [6.07, 6.45) is 1.52. The van der Waals surface area contributed by atoms with Gasteiger partial charge in [0.2, 0.25) is 0 Å². The van der Waals surface area contributed by atoms with E-state index in [0.29, 0.717) is 12.2 Å². The summed E-state index contributed by atoms with van der Waals surface area (Å²) in [6.45, 7) is 1.92. The number of rotatable bonds is 10. The van der Waals surface area contributed by atoms with Crippen LogP contribution in [0.25, 0.3) is 21.9 Å². The smallest absolute Gasteiger partial charge is 0.344 e. The van der Waals surface area contributed by atoms with Crippen molar-refractivity contribution >= 4 is 32.5 Å². The third kappa shape index (κ3) is 6.94. The molecule has 202 valence electrons. The molecule has 0 spiro atoms. The first-order valence-electron chi connectivity index (χ1n) is 12.4. The zero-order valence-electron chi connectivity index (χ0n) is 21.6. The lowest BCUT2D eigenvalue weighted by molar-refractivity contribution is -0.145. The SMILES string of the molecule is CCOC(=O)COc1ccc(-c2ccc(S(C)(=O)=O)cc2)cc1CCNC(=O)c1cc2ccccc2cc1O. The summed E-state index contributed by atoms with van der Waals surface area (Å²) in [4.78, 5) is 24.9. The quantitative estimate of drug-likeness (QED) is 0.280. The van der Waals surface area contributed by atoms with E-state index in [1.165, 1.54) is 0 Å². The van der Waals surface area contributed by atoms with Gasteiger partial charge in [-0.2, -0.15) is 0 Å². The maximum Gasteiger partial charge on any atom is 0.344 e. The van der Waals surface area contributed by atoms with Crippen LogP contribution in [0, 0.1) is 0 Å². The minimum absolute atomic E-state index is 0.107. The summed E-state index contributed by atoms with van der Waals surface area (Å²) >= 11 is 0. The van der Waals surface area contributed by atoms with Crippen LogP contribution in [-0.4, -0.2) is 51.4 Å². The van der Waals surface area contributed by atoms with Gasteiger partial charge in [0, 0.05) is 12.8 Å². The van der Waals surface area contributed by atoms with Crippen molar-refractivity contribution in [1.29, 1.82) is 0 Å². The molecule has 4 rings (SSSR count). The molecular weight excluding hydrogens is 518 g/mol. The molecule has 9 heteroatoms. The number of benzene rings is 4. The first-order chi connectivity index (χ1) is 18.7. The van der Waals surface area contributed by atoms with E-state index >= 15 is 0 Å². The highest BCUT2D eigenvalue weighted by molar-refractivity contribution is 7.90. The lowest BCUT2D eigenvalue weighted by atomic mass is 10.0. The van der Waals surface area contributed by atoms with Crippen LogP contribution in [0.4, 0.5) is 0 Å². The number of hydrogen-bond acceptors (Lipinski definition) is 7. The van der Waals surface area contributed by atoms with Gasteiger partial charge in [-0.05, 0) is 77.2 Å². The Labute approximate surface area is 227 Å². The number of ether oxygens (including phenoxy) is 2. The number of phenols is 1. The number of aromatic hydroxyl groups is 1. The molecular formula is C30H29NO7S. The van der Waals surface area contributed by atoms with Crippen molar-refractivity contribution in [2.45, 2.75) is 18.2 Å². The number of hydrogen-bond donors (Lipinski definition) is 2. The first-order valence-corrected chi connectivity index (χ1v) is 14.3. The molecule has 0 atom stereocenters. The number of nitrogens with one attached hydrogen (secondary N) is 1. The van der Waals surface area contributed by atoms with Crippen LogP contribution in [0.15, 0.2) is 83.8 Å². The molecule has 0 aliphatic rings. The van der Waals surface area contributed by atoms with Gasteiger partial charge in [0.25, 0.3) is 5.91 Å². The normalized spacial score (nSPS) is 11.2. The number of carbonyl (C=O) groups excluding carboxylic acids is 2. The van der Waals surface area contributed by atoms with Crippen molar-refractivity contribution in [3.05, 3.63) is 90.0 Å². The van der Waals surface area contributed by atoms with Crippen LogP contribution in [0.3, 0.4) is 0 Å². The van der Waals surface area contributed by atoms with Crippen molar-refractivity contribution < 1.29 is 32.6 Å². The summed E-state index contributed by atoms with van der Waals surface area (Å²) in [5, 5.41) is 14.9. The lowest BCUT2D eigenvalue weighted by Gasteiger charge is -2.14. The molecule has 0 unspecified atom stereocenters. The number of carbonyl (C=O) groups is 2. The highest BCUT2D eigenvalue weighted by Gasteiger charge is 2.15. The third-order valence-electron chi connectivity index (χ3n) is 6.12. The van der Waals surface area contributed by atoms with E-state index in [2.05, 4.69) is 5.32 Å². The van der Waals surface area contributed by atoms with E-state index < -0.39 is 21.7 Å². The van der Waals surface area contributed by atoms with Crippen molar-refractivity contribution in [3.63, 3.8) is 0 Å². The monoisotopic (exact) mass is 547 g/mol. The predicted octanol–water partition coefficient (Wildman–Crippen LogP) is 4.53. The summed E-state index contributed by atoms with van der Waals surface area (Å²) in [7, 11) is -3.32. The van der Waals surface area contributed by atoms with E-state index in [-0.39, 0.29) is 36.0 Å². The number of fused-ring (bicyclic) bond motifs is 1. The third-order valence-corrected chi connectivity index (χ3v) is 7.24. The average molecular weight is 548 g/mol. The number of amides is 1. The molecule has 8 nitrogen and oxygen atoms in total. The number of esters is 1. The van der Waals surface area contributed by atoms with Crippen LogP contribution in [0.1, 0.15) is 22.8 Å². The summed E-state index contributed by atoms with van der Waals surface area (Å²) in [6, 6.07) is 22.6. The Morgan fingerprint density at radius 3 is 2.23 bits per heavy atom. The molecule has 0 fully saturated rings. The second-order valence-corrected chi connectivity index (χ2v) is 11.0. The van der Waals surface area contributed by atoms with E-state index in [0.717, 1.165) is 33.7 Å². The van der Waals surface area contributed by atoms with Crippen LogP contribution in [0.2, 0.25) is 0 Å². The molecule has 1 amide bonds. The van der Waals surface area contributed by atoms with Gasteiger partial charge < -0.3 is 19.9 Å². The van der Waals surface area contributed by atoms with Gasteiger partial charge in [-0.1, -0.05) is 42.5 Å². The molecule has 0 aliphatic carbocycles. The van der Waals surface area contributed by atoms with Gasteiger partial charge in [0.15, 0.2) is 16.4 Å². The van der Waals surface area contributed by atoms with Gasteiger partial charge in [0.1, 0.15) is 11.5 Å². The maximum atomic E-state index is 12.9. The number of phenolic OH excluding ortho intramolecular Hbond substituents is 1. The van der Waals surface area contributed by atoms with E-state index in [1.807, 2.05) is 36.4 Å². The Morgan fingerprint density at radius 2 is 1.56 bits per heavy atom. The van der Waals surface area contributed by atoms with Crippen LogP contribution in [0.5, 0.6) is 11.5 Å². The van der Waals surface area contributed by atoms with Crippen molar-refractivity contribution in [2.75, 3.05) is 26.0 Å². The molecule has 0 aromatic heterocycles. The Hall–Kier alpha value is -4.37. The molecule has 4 aromatic carbocycles. The molecule has 4 aromatic rings. The van der Waals surface area contributed by atoms with E-state index in [9.17, 15) is 23.1 Å². The summed E-state index contributed by atoms with van der Waals surface area (Å²) < 4.78 is 34.3. The fourth-order valence-electron chi connectivity index (χ4n) is 4.15. The molecule has 0 bridgehead atoms. The second kappa shape index (κ2) is 12.0. The molecule has 2 N–H and O–H groups in total. The van der Waals surface area contributed by atoms with Crippen molar-refractivity contribution in [3.8, 4) is 22.6 Å². The minimum Gasteiger partial charge on any atom is -0.507 e. The van der Waals surface area contributed by atoms with Crippen LogP contribution < -0.4 is 10.1 Å². The van der Waals surface area contributed by atoms with Gasteiger partial charge in [-0.25, -0.2) is 13.2 Å². The topological polar surface area (TPSA) is 119 Å². The lowest BCUT2D eigenvalue weighted by Crippen LogP contribution is -2.26. The molecule has 0 heterocycles. The average Bonchev–Trinajstić information content (AvgIpc) is 2.91. The van der Waals surface area contributed by atoms with Gasteiger partial charge >= 0.3 is 5.97 Å². The highest BCUT2D eigenvalue weighted by atomic mass is 32.2. The zero-order valence-corrected chi connectivity index (χ0v) is 22.5. The molecule has 39 heavy (non-hydrogen) atoms. The minimum atomic E-state index is -3.32. The molecule has 0 saturated heterocycles. The standard InChI is InChI=1S/C30H29NO7S/c1-3-37-29(33)19-38-28-13-10-23(20-8-11-25(12-9-20)39(2,35)36)16-24(28)14-15-31-30(34)26-17-21-6-4-5-7-22(21)18-27(26)32/h4-13,16-18,32H,3,14-15,19H2,1-2H3,(H,31,34). The van der Waals surface area contributed by atoms with E-state index in [1.54, 1.807) is 49.4 Å². The summed E-state index contributed by atoms with van der Waals surface area (Å²) in [5.41, 5.74) is 2.51.